The zero-order valence-corrected chi connectivity index (χ0v) is 15.4. The molecule has 1 atom stereocenters. The minimum atomic E-state index is -4.58. The van der Waals surface area contributed by atoms with Crippen molar-refractivity contribution in [2.75, 3.05) is 0 Å². The van der Waals surface area contributed by atoms with Gasteiger partial charge in [0.2, 0.25) is 0 Å². The Morgan fingerprint density at radius 1 is 1.14 bits per heavy atom. The molecular formula is C19H14F3N2O3S-. The Kier molecular flexibility index (Phi) is 5.48. The Morgan fingerprint density at radius 2 is 1.86 bits per heavy atom. The van der Waals surface area contributed by atoms with Crippen LogP contribution in [0.5, 0.6) is 0 Å². The standard InChI is InChI=1S/C19H15F3N2O3S/c1-12-7-18(19(20,21)22)23-24(12)17-6-5-15(9-16(17)10-25)14-4-2-3-13(8-14)11-28(26)27/h2-10H,11H2,1H3,(H,26,27)/p-1. The third kappa shape index (κ3) is 4.20. The summed E-state index contributed by atoms with van der Waals surface area (Å²) in [5.74, 6) is -0.140. The van der Waals surface area contributed by atoms with Crippen LogP contribution in [0.1, 0.15) is 27.3 Å². The fourth-order valence-electron chi connectivity index (χ4n) is 2.85. The van der Waals surface area contributed by atoms with Gasteiger partial charge in [0.25, 0.3) is 0 Å². The van der Waals surface area contributed by atoms with Gasteiger partial charge in [0.1, 0.15) is 0 Å². The summed E-state index contributed by atoms with van der Waals surface area (Å²) in [7, 11) is 0. The number of hydrogen-bond acceptors (Lipinski definition) is 4. The summed E-state index contributed by atoms with van der Waals surface area (Å²) in [6, 6.07) is 12.4. The highest BCUT2D eigenvalue weighted by Gasteiger charge is 2.34. The summed E-state index contributed by atoms with van der Waals surface area (Å²) >= 11 is -2.23. The predicted octanol–water partition coefficient (Wildman–Crippen LogP) is 4.06. The van der Waals surface area contributed by atoms with Crippen LogP contribution < -0.4 is 0 Å². The molecule has 0 bridgehead atoms. The van der Waals surface area contributed by atoms with Crippen LogP contribution in [-0.4, -0.2) is 24.8 Å². The first-order chi connectivity index (χ1) is 13.2. The summed E-state index contributed by atoms with van der Waals surface area (Å²) < 4.78 is 61.6. The number of alkyl halides is 3. The van der Waals surface area contributed by atoms with Crippen molar-refractivity contribution in [1.82, 2.24) is 9.78 Å². The molecule has 2 aromatic carbocycles. The topological polar surface area (TPSA) is 75.0 Å². The monoisotopic (exact) mass is 407 g/mol. The number of aromatic nitrogens is 2. The van der Waals surface area contributed by atoms with Gasteiger partial charge in [-0.1, -0.05) is 41.4 Å². The van der Waals surface area contributed by atoms with Crippen molar-refractivity contribution < 1.29 is 26.7 Å². The van der Waals surface area contributed by atoms with E-state index < -0.39 is 23.0 Å². The first-order valence-electron chi connectivity index (χ1n) is 8.07. The highest BCUT2D eigenvalue weighted by Crippen LogP contribution is 2.31. The maximum absolute atomic E-state index is 12.9. The van der Waals surface area contributed by atoms with E-state index in [2.05, 4.69) is 5.10 Å². The van der Waals surface area contributed by atoms with Gasteiger partial charge in [-0.15, -0.1) is 0 Å². The van der Waals surface area contributed by atoms with E-state index in [1.807, 2.05) is 0 Å². The van der Waals surface area contributed by atoms with Crippen molar-refractivity contribution in [2.45, 2.75) is 18.9 Å². The molecule has 0 spiro atoms. The average Bonchev–Trinajstić information content (AvgIpc) is 3.03. The molecule has 1 aromatic heterocycles. The number of benzene rings is 2. The number of carbonyl (C=O) groups is 1. The first-order valence-corrected chi connectivity index (χ1v) is 9.32. The number of nitrogens with zero attached hydrogens (tertiary/aromatic N) is 2. The molecule has 0 saturated heterocycles. The summed E-state index contributed by atoms with van der Waals surface area (Å²) in [6.07, 6.45) is -4.04. The summed E-state index contributed by atoms with van der Waals surface area (Å²) in [6.45, 7) is 1.47. The van der Waals surface area contributed by atoms with Crippen molar-refractivity contribution >= 4 is 17.4 Å². The molecule has 1 unspecified atom stereocenters. The predicted molar refractivity (Wildman–Crippen MR) is 96.8 cm³/mol. The average molecular weight is 407 g/mol. The lowest BCUT2D eigenvalue weighted by Crippen LogP contribution is -2.08. The number of hydrogen-bond donors (Lipinski definition) is 0. The van der Waals surface area contributed by atoms with Gasteiger partial charge in [-0.2, -0.15) is 18.3 Å². The molecule has 0 N–H and O–H groups in total. The van der Waals surface area contributed by atoms with Crippen LogP contribution in [0.4, 0.5) is 13.2 Å². The van der Waals surface area contributed by atoms with E-state index in [0.29, 0.717) is 23.0 Å². The van der Waals surface area contributed by atoms with Gasteiger partial charge in [-0.05, 0) is 41.8 Å². The zero-order chi connectivity index (χ0) is 20.5. The molecule has 0 aliphatic carbocycles. The van der Waals surface area contributed by atoms with Crippen LogP contribution >= 0.6 is 0 Å². The van der Waals surface area contributed by atoms with E-state index in [9.17, 15) is 26.7 Å². The maximum atomic E-state index is 12.9. The molecule has 0 aliphatic heterocycles. The number of aldehydes is 1. The van der Waals surface area contributed by atoms with Crippen LogP contribution in [0.25, 0.3) is 16.8 Å². The Morgan fingerprint density at radius 3 is 2.46 bits per heavy atom. The van der Waals surface area contributed by atoms with E-state index in [0.717, 1.165) is 10.7 Å². The highest BCUT2D eigenvalue weighted by atomic mass is 32.2. The number of halogens is 3. The second kappa shape index (κ2) is 7.69. The highest BCUT2D eigenvalue weighted by molar-refractivity contribution is 7.78. The minimum absolute atomic E-state index is 0.140. The summed E-state index contributed by atoms with van der Waals surface area (Å²) in [5, 5.41) is 3.57. The fraction of sp³-hybridized carbons (Fsp3) is 0.158. The third-order valence-corrected chi connectivity index (χ3v) is 4.67. The Hall–Kier alpha value is -2.78. The fourth-order valence-corrected chi connectivity index (χ4v) is 3.31. The van der Waals surface area contributed by atoms with Gasteiger partial charge in [-0.3, -0.25) is 9.00 Å². The number of carbonyl (C=O) groups excluding carboxylic acids is 1. The number of aryl methyl sites for hydroxylation is 1. The third-order valence-electron chi connectivity index (χ3n) is 4.11. The molecular weight excluding hydrogens is 393 g/mol. The molecule has 5 nitrogen and oxygen atoms in total. The van der Waals surface area contributed by atoms with Crippen molar-refractivity contribution in [2.24, 2.45) is 0 Å². The molecule has 0 amide bonds. The second-order valence-corrected chi connectivity index (χ2v) is 7.02. The van der Waals surface area contributed by atoms with Gasteiger partial charge >= 0.3 is 6.18 Å². The molecule has 0 radical (unpaired) electrons. The lowest BCUT2D eigenvalue weighted by atomic mass is 10.0. The molecule has 9 heteroatoms. The van der Waals surface area contributed by atoms with E-state index in [1.165, 1.54) is 19.1 Å². The van der Waals surface area contributed by atoms with Gasteiger partial charge < -0.3 is 4.55 Å². The molecule has 1 heterocycles. The van der Waals surface area contributed by atoms with Crippen LogP contribution in [-0.2, 0) is 23.0 Å². The van der Waals surface area contributed by atoms with Crippen LogP contribution in [0.15, 0.2) is 48.5 Å². The lowest BCUT2D eigenvalue weighted by molar-refractivity contribution is -0.141. The molecule has 0 fully saturated rings. The first kappa shape index (κ1) is 20.0. The normalized spacial score (nSPS) is 12.8. The Balaban J connectivity index is 2.04. The number of rotatable bonds is 5. The van der Waals surface area contributed by atoms with E-state index in [1.54, 1.807) is 30.3 Å². The summed E-state index contributed by atoms with van der Waals surface area (Å²) in [4.78, 5) is 11.6. The van der Waals surface area contributed by atoms with Gasteiger partial charge in [-0.25, -0.2) is 4.68 Å². The van der Waals surface area contributed by atoms with Crippen molar-refractivity contribution in [3.63, 3.8) is 0 Å². The molecule has 146 valence electrons. The Labute approximate surface area is 161 Å². The molecule has 0 saturated carbocycles. The minimum Gasteiger partial charge on any atom is -0.772 e. The van der Waals surface area contributed by atoms with Crippen LogP contribution in [0.3, 0.4) is 0 Å². The smallest absolute Gasteiger partial charge is 0.435 e. The molecule has 3 aromatic rings. The molecule has 0 aliphatic rings. The van der Waals surface area contributed by atoms with E-state index >= 15 is 0 Å². The van der Waals surface area contributed by atoms with Crippen molar-refractivity contribution in [1.29, 1.82) is 0 Å². The van der Waals surface area contributed by atoms with Crippen molar-refractivity contribution in [3.8, 4) is 16.8 Å². The SMILES string of the molecule is Cc1cc(C(F)(F)F)nn1-c1ccc(-c2cccc(CS(=O)[O-])c2)cc1C=O. The Bertz CT molecular complexity index is 1060. The molecule has 3 rings (SSSR count). The largest absolute Gasteiger partial charge is 0.772 e. The van der Waals surface area contributed by atoms with Crippen LogP contribution in [0, 0.1) is 6.92 Å². The summed E-state index contributed by atoms with van der Waals surface area (Å²) in [5.41, 5.74) is 1.49. The maximum Gasteiger partial charge on any atom is 0.435 e. The molecule has 28 heavy (non-hydrogen) atoms. The van der Waals surface area contributed by atoms with Crippen molar-refractivity contribution in [3.05, 3.63) is 71.0 Å². The van der Waals surface area contributed by atoms with Crippen LogP contribution in [0.2, 0.25) is 0 Å². The van der Waals surface area contributed by atoms with Gasteiger partial charge in [0.05, 0.1) is 5.69 Å². The zero-order valence-electron chi connectivity index (χ0n) is 14.6. The lowest BCUT2D eigenvalue weighted by Gasteiger charge is -2.11. The quantitative estimate of drug-likeness (QED) is 0.472. The van der Waals surface area contributed by atoms with Gasteiger partial charge in [0.15, 0.2) is 12.0 Å². The van der Waals surface area contributed by atoms with E-state index in [4.69, 9.17) is 0 Å². The second-order valence-electron chi connectivity index (χ2n) is 6.12. The van der Waals surface area contributed by atoms with Gasteiger partial charge in [0, 0.05) is 17.0 Å². The van der Waals surface area contributed by atoms with E-state index in [-0.39, 0.29) is 22.7 Å².